The monoisotopic (exact) mass is 408 g/mol. The van der Waals surface area contributed by atoms with Gasteiger partial charge in [-0.3, -0.25) is 0 Å². The van der Waals surface area contributed by atoms with E-state index >= 15 is 0 Å². The molecule has 0 spiro atoms. The van der Waals surface area contributed by atoms with Crippen LogP contribution in [0.15, 0.2) is 40.9 Å². The molecule has 1 N–H and O–H groups in total. The topological polar surface area (TPSA) is 64.5 Å². The van der Waals surface area contributed by atoms with Gasteiger partial charge < -0.3 is 14.6 Å². The van der Waals surface area contributed by atoms with Crippen LogP contribution in [0.1, 0.15) is 58.9 Å². The summed E-state index contributed by atoms with van der Waals surface area (Å²) in [5.74, 6) is 0.647. The third kappa shape index (κ3) is 3.94. The first-order valence-corrected chi connectivity index (χ1v) is 9.65. The highest BCUT2D eigenvalue weighted by Gasteiger charge is 2.26. The van der Waals surface area contributed by atoms with Crippen LogP contribution in [0.5, 0.6) is 5.75 Å². The molecule has 0 radical (unpaired) electrons. The van der Waals surface area contributed by atoms with Gasteiger partial charge in [-0.25, -0.2) is 4.85 Å². The fraction of sp³-hybridized carbons (Fsp3) is 0.375. The van der Waals surface area contributed by atoms with Crippen molar-refractivity contribution in [1.29, 1.82) is 0 Å². The van der Waals surface area contributed by atoms with Crippen molar-refractivity contribution in [2.75, 3.05) is 6.54 Å². The van der Waals surface area contributed by atoms with Crippen molar-refractivity contribution in [2.24, 2.45) is 0 Å². The molecule has 1 heterocycles. The second-order valence-electron chi connectivity index (χ2n) is 7.09. The van der Waals surface area contributed by atoms with Crippen molar-refractivity contribution in [2.45, 2.75) is 52.0 Å². The zero-order chi connectivity index (χ0) is 26.5. The fourth-order valence-corrected chi connectivity index (χ4v) is 3.27. The molecule has 1 aromatic heterocycles. The molecular weight excluding hydrogens is 376 g/mol. The molecule has 1 atom stereocenters. The molecule has 6 nitrogen and oxygen atoms in total. The minimum absolute atomic E-state index is 0.0832. The number of hydrogen-bond donors (Lipinski definition) is 1. The lowest BCUT2D eigenvalue weighted by atomic mass is 10.0. The van der Waals surface area contributed by atoms with E-state index in [4.69, 9.17) is 24.1 Å². The molecule has 1 aliphatic rings. The van der Waals surface area contributed by atoms with Gasteiger partial charge in [-0.15, -0.1) is 0 Å². The Hall–Kier alpha value is -3.17. The van der Waals surface area contributed by atoms with Gasteiger partial charge in [-0.2, -0.15) is 4.98 Å². The standard InChI is InChI=1S/C24H26N4O2/c1-5-13-26-20-11-10-17-18(20)7-6-8-19(17)23-27-24(30-28-23)16-9-12-22(29-15(2)3)21(14-16)25-4/h6-9,12,14-15,20,26H,5,10-11,13H2,1-3H3/t20-/m0/s1/i5D2,10D2,11D2. The van der Waals surface area contributed by atoms with Gasteiger partial charge in [0.15, 0.2) is 0 Å². The number of nitrogens with one attached hydrogen (secondary N) is 1. The number of aromatic nitrogens is 2. The van der Waals surface area contributed by atoms with Crippen LogP contribution in [0.25, 0.3) is 27.7 Å². The molecule has 0 amide bonds. The highest BCUT2D eigenvalue weighted by atomic mass is 16.5. The SMILES string of the molecule is [2H]C([2H])(C)CN[C@@H]1c2cccc(-c3noc(-c4ccc(OC(C)C)c([N+]#[C-])c4)n3)c2C([2H])([2H])C1([2H])[2H]. The van der Waals surface area contributed by atoms with E-state index in [9.17, 15) is 0 Å². The minimum Gasteiger partial charge on any atom is -0.502 e. The predicted molar refractivity (Wildman–Crippen MR) is 117 cm³/mol. The Morgan fingerprint density at radius 3 is 3.03 bits per heavy atom. The summed E-state index contributed by atoms with van der Waals surface area (Å²) in [5.41, 5.74) is 1.54. The summed E-state index contributed by atoms with van der Waals surface area (Å²) in [4.78, 5) is 7.94. The summed E-state index contributed by atoms with van der Waals surface area (Å²) in [6, 6.07) is 8.74. The molecule has 154 valence electrons. The quantitative estimate of drug-likeness (QED) is 0.506. The number of rotatable bonds is 7. The predicted octanol–water partition coefficient (Wildman–Crippen LogP) is 5.73. The zero-order valence-corrected chi connectivity index (χ0v) is 17.0. The van der Waals surface area contributed by atoms with E-state index in [1.165, 1.54) is 6.92 Å². The molecule has 4 rings (SSSR count). The van der Waals surface area contributed by atoms with Crippen LogP contribution in [0, 0.1) is 6.57 Å². The van der Waals surface area contributed by atoms with Gasteiger partial charge in [0.05, 0.1) is 12.7 Å². The maximum Gasteiger partial charge on any atom is 0.256 e. The Balaban J connectivity index is 1.75. The summed E-state index contributed by atoms with van der Waals surface area (Å²) in [6.07, 6.45) is -6.48. The van der Waals surface area contributed by atoms with Gasteiger partial charge in [0.1, 0.15) is 5.75 Å². The van der Waals surface area contributed by atoms with Gasteiger partial charge in [0, 0.05) is 25.4 Å². The largest absolute Gasteiger partial charge is 0.502 e. The van der Waals surface area contributed by atoms with Crippen LogP contribution in [-0.4, -0.2) is 22.8 Å². The number of nitrogens with zero attached hydrogens (tertiary/aromatic N) is 3. The lowest BCUT2D eigenvalue weighted by Gasteiger charge is -2.13. The van der Waals surface area contributed by atoms with Crippen LogP contribution >= 0.6 is 0 Å². The van der Waals surface area contributed by atoms with Crippen molar-refractivity contribution < 1.29 is 17.5 Å². The summed E-state index contributed by atoms with van der Waals surface area (Å²) in [7, 11) is 0. The van der Waals surface area contributed by atoms with Crippen LogP contribution in [0.3, 0.4) is 0 Å². The van der Waals surface area contributed by atoms with Gasteiger partial charge in [-0.05, 0) is 68.8 Å². The van der Waals surface area contributed by atoms with E-state index in [0.29, 0.717) is 16.9 Å². The van der Waals surface area contributed by atoms with Crippen LogP contribution < -0.4 is 10.1 Å². The lowest BCUT2D eigenvalue weighted by molar-refractivity contribution is 0.244. The zero-order valence-electron chi connectivity index (χ0n) is 23.0. The first-order valence-electron chi connectivity index (χ1n) is 12.7. The molecule has 0 saturated heterocycles. The highest BCUT2D eigenvalue weighted by molar-refractivity contribution is 5.70. The molecular formula is C24H26N4O2. The Bertz CT molecular complexity index is 1330. The minimum atomic E-state index is -2.41. The Kier molecular flexibility index (Phi) is 4.03. The van der Waals surface area contributed by atoms with E-state index in [0.717, 1.165) is 0 Å². The summed E-state index contributed by atoms with van der Waals surface area (Å²) in [6.45, 7) is 12.4. The normalized spacial score (nSPS) is 22.0. The number of benzene rings is 2. The Morgan fingerprint density at radius 2 is 2.27 bits per heavy atom. The van der Waals surface area contributed by atoms with Crippen molar-refractivity contribution in [3.63, 3.8) is 0 Å². The van der Waals surface area contributed by atoms with E-state index in [1.807, 2.05) is 13.8 Å². The lowest BCUT2D eigenvalue weighted by Crippen LogP contribution is -2.19. The van der Waals surface area contributed by atoms with Gasteiger partial charge in [-0.1, -0.05) is 30.3 Å². The van der Waals surface area contributed by atoms with E-state index < -0.39 is 25.2 Å². The maximum absolute atomic E-state index is 8.65. The average Bonchev–Trinajstić information content (AvgIpc) is 3.32. The summed E-state index contributed by atoms with van der Waals surface area (Å²) >= 11 is 0. The molecule has 3 aromatic rings. The average molecular weight is 409 g/mol. The molecule has 0 unspecified atom stereocenters. The van der Waals surface area contributed by atoms with Crippen molar-refractivity contribution in [3.05, 3.63) is 58.9 Å². The second kappa shape index (κ2) is 8.68. The van der Waals surface area contributed by atoms with Crippen molar-refractivity contribution in [1.82, 2.24) is 15.5 Å². The third-order valence-corrected chi connectivity index (χ3v) is 4.59. The van der Waals surface area contributed by atoms with Crippen molar-refractivity contribution in [3.8, 4) is 28.6 Å². The van der Waals surface area contributed by atoms with E-state index in [1.54, 1.807) is 36.4 Å². The maximum atomic E-state index is 8.65. The highest BCUT2D eigenvalue weighted by Crippen LogP contribution is 2.38. The molecule has 0 bridgehead atoms. The fourth-order valence-electron chi connectivity index (χ4n) is 3.27. The van der Waals surface area contributed by atoms with Crippen LogP contribution in [0.4, 0.5) is 5.69 Å². The van der Waals surface area contributed by atoms with Gasteiger partial charge in [0.25, 0.3) is 5.89 Å². The Labute approximate surface area is 185 Å². The molecule has 0 saturated carbocycles. The smallest absolute Gasteiger partial charge is 0.256 e. The first-order chi connectivity index (χ1) is 16.8. The van der Waals surface area contributed by atoms with Crippen LogP contribution in [-0.2, 0) is 6.37 Å². The first kappa shape index (κ1) is 13.9. The molecule has 0 fully saturated rings. The molecule has 1 aliphatic carbocycles. The number of hydrogen-bond acceptors (Lipinski definition) is 5. The Morgan fingerprint density at radius 1 is 1.40 bits per heavy atom. The number of fused-ring (bicyclic) bond motifs is 1. The van der Waals surface area contributed by atoms with Gasteiger partial charge in [0.2, 0.25) is 11.5 Å². The second-order valence-corrected chi connectivity index (χ2v) is 7.09. The summed E-state index contributed by atoms with van der Waals surface area (Å²) < 4.78 is 61.1. The summed E-state index contributed by atoms with van der Waals surface area (Å²) in [5, 5.41) is 6.90. The van der Waals surface area contributed by atoms with E-state index in [-0.39, 0.29) is 41.2 Å². The third-order valence-electron chi connectivity index (χ3n) is 4.59. The molecule has 0 aliphatic heterocycles. The molecule has 30 heavy (non-hydrogen) atoms. The van der Waals surface area contributed by atoms with E-state index in [2.05, 4.69) is 20.3 Å². The molecule has 6 heteroatoms. The van der Waals surface area contributed by atoms with Crippen molar-refractivity contribution >= 4 is 5.69 Å². The van der Waals surface area contributed by atoms with Gasteiger partial charge >= 0.3 is 0 Å². The number of ether oxygens (including phenoxy) is 1. The molecule has 2 aromatic carbocycles. The van der Waals surface area contributed by atoms with Crippen LogP contribution in [0.2, 0.25) is 0 Å².